The quantitative estimate of drug-likeness (QED) is 0.633. The lowest BCUT2D eigenvalue weighted by molar-refractivity contribution is -0.384. The number of nitro benzene ring substituents is 1. The molecule has 6 nitrogen and oxygen atoms in total. The highest BCUT2D eigenvalue weighted by atomic mass is 35.5. The average molecular weight is 301 g/mol. The van der Waals surface area contributed by atoms with E-state index in [1.807, 2.05) is 0 Å². The first kappa shape index (κ1) is 13.8. The van der Waals surface area contributed by atoms with Gasteiger partial charge in [-0.15, -0.1) is 0 Å². The molecule has 2 rings (SSSR count). The van der Waals surface area contributed by atoms with Crippen molar-refractivity contribution in [3.8, 4) is 0 Å². The highest BCUT2D eigenvalue weighted by Crippen LogP contribution is 2.27. The number of carbonyl (C=O) groups is 2. The van der Waals surface area contributed by atoms with Crippen LogP contribution in [0.1, 0.15) is 12.0 Å². The number of hydrogen-bond acceptors (Lipinski definition) is 5. The van der Waals surface area contributed by atoms with E-state index < -0.39 is 4.92 Å². The average Bonchev–Trinajstić information content (AvgIpc) is 2.35. The van der Waals surface area contributed by atoms with Crippen molar-refractivity contribution in [3.63, 3.8) is 0 Å². The summed E-state index contributed by atoms with van der Waals surface area (Å²) in [5.41, 5.74) is 0.268. The molecule has 0 spiro atoms. The van der Waals surface area contributed by atoms with Crippen molar-refractivity contribution >= 4 is 40.2 Å². The summed E-state index contributed by atoms with van der Waals surface area (Å²) in [6, 6.07) is 4.23. The Morgan fingerprint density at radius 1 is 1.42 bits per heavy atom. The van der Waals surface area contributed by atoms with Crippen LogP contribution < -0.4 is 0 Å². The Labute approximate surface area is 117 Å². The minimum Gasteiger partial charge on any atom is -0.274 e. The van der Waals surface area contributed by atoms with E-state index in [0.29, 0.717) is 17.7 Å². The number of hydrogen-bond donors (Lipinski definition) is 0. The minimum absolute atomic E-state index is 0.0272. The molecular formula is C11H9ClN2O4S. The first-order valence-corrected chi connectivity index (χ1v) is 6.75. The number of benzene rings is 1. The Balaban J connectivity index is 2.23. The number of imide groups is 1. The molecule has 0 aliphatic carbocycles. The molecule has 0 aromatic heterocycles. The molecule has 0 unspecified atom stereocenters. The molecule has 1 aromatic carbocycles. The van der Waals surface area contributed by atoms with Gasteiger partial charge in [-0.2, -0.15) is 0 Å². The summed E-state index contributed by atoms with van der Waals surface area (Å²) < 4.78 is 0. The van der Waals surface area contributed by atoms with Crippen molar-refractivity contribution in [1.29, 1.82) is 0 Å². The van der Waals surface area contributed by atoms with Crippen LogP contribution in [0.4, 0.5) is 10.5 Å². The third-order valence-electron chi connectivity index (χ3n) is 2.61. The predicted molar refractivity (Wildman–Crippen MR) is 71.1 cm³/mol. The Morgan fingerprint density at radius 2 is 2.16 bits per heavy atom. The number of amides is 2. The van der Waals surface area contributed by atoms with Crippen LogP contribution in [0.25, 0.3) is 0 Å². The molecule has 2 amide bonds. The molecule has 0 atom stereocenters. The monoisotopic (exact) mass is 300 g/mol. The normalized spacial score (nSPS) is 15.7. The fourth-order valence-corrected chi connectivity index (χ4v) is 2.63. The second kappa shape index (κ2) is 5.58. The summed E-state index contributed by atoms with van der Waals surface area (Å²) in [4.78, 5) is 34.5. The van der Waals surface area contributed by atoms with Gasteiger partial charge < -0.3 is 0 Å². The van der Waals surface area contributed by atoms with Gasteiger partial charge in [-0.1, -0.05) is 29.4 Å². The number of nitro groups is 1. The zero-order chi connectivity index (χ0) is 14.0. The molecule has 0 bridgehead atoms. The number of thioether (sulfide) groups is 1. The summed E-state index contributed by atoms with van der Waals surface area (Å²) in [7, 11) is 0. The van der Waals surface area contributed by atoms with Crippen LogP contribution in [0.3, 0.4) is 0 Å². The van der Waals surface area contributed by atoms with Crippen molar-refractivity contribution < 1.29 is 14.5 Å². The van der Waals surface area contributed by atoms with Gasteiger partial charge in [0.2, 0.25) is 5.91 Å². The van der Waals surface area contributed by atoms with E-state index in [-0.39, 0.29) is 28.4 Å². The number of halogens is 1. The van der Waals surface area contributed by atoms with Crippen LogP contribution >= 0.6 is 23.4 Å². The van der Waals surface area contributed by atoms with Crippen LogP contribution in [0.5, 0.6) is 0 Å². The Morgan fingerprint density at radius 3 is 2.79 bits per heavy atom. The fraction of sp³-hybridized carbons (Fsp3) is 0.273. The molecule has 19 heavy (non-hydrogen) atoms. The Bertz CT molecular complexity index is 548. The van der Waals surface area contributed by atoms with E-state index in [2.05, 4.69) is 0 Å². The van der Waals surface area contributed by atoms with Crippen LogP contribution in [-0.4, -0.2) is 26.7 Å². The van der Waals surface area contributed by atoms with Gasteiger partial charge in [0.05, 0.1) is 11.5 Å². The summed E-state index contributed by atoms with van der Waals surface area (Å²) in [5, 5.41) is 10.5. The fourth-order valence-electron chi connectivity index (χ4n) is 1.67. The smallest absolute Gasteiger partial charge is 0.274 e. The molecule has 1 aliphatic heterocycles. The van der Waals surface area contributed by atoms with Gasteiger partial charge in [0, 0.05) is 18.2 Å². The molecule has 1 heterocycles. The number of nitrogens with zero attached hydrogens (tertiary/aromatic N) is 2. The second-order valence-corrected chi connectivity index (χ2v) is 5.34. The number of carbonyl (C=O) groups excluding carboxylic acids is 2. The lowest BCUT2D eigenvalue weighted by atomic mass is 10.2. The van der Waals surface area contributed by atoms with E-state index in [1.54, 1.807) is 6.07 Å². The molecule has 1 saturated heterocycles. The van der Waals surface area contributed by atoms with Crippen molar-refractivity contribution in [1.82, 2.24) is 4.90 Å². The summed E-state index contributed by atoms with van der Waals surface area (Å²) >= 11 is 6.77. The van der Waals surface area contributed by atoms with Gasteiger partial charge in [0.1, 0.15) is 5.02 Å². The van der Waals surface area contributed by atoms with Crippen LogP contribution in [0, 0.1) is 10.1 Å². The van der Waals surface area contributed by atoms with Crippen LogP contribution in [-0.2, 0) is 11.3 Å². The van der Waals surface area contributed by atoms with E-state index >= 15 is 0 Å². The molecule has 0 N–H and O–H groups in total. The molecular weight excluding hydrogens is 292 g/mol. The maximum atomic E-state index is 11.6. The summed E-state index contributed by atoms with van der Waals surface area (Å²) in [6.45, 7) is 0.0304. The van der Waals surface area contributed by atoms with Crippen molar-refractivity contribution in [2.24, 2.45) is 0 Å². The van der Waals surface area contributed by atoms with Crippen molar-refractivity contribution in [2.75, 3.05) is 5.75 Å². The Kier molecular flexibility index (Phi) is 4.06. The second-order valence-electron chi connectivity index (χ2n) is 3.89. The molecule has 1 aromatic rings. The van der Waals surface area contributed by atoms with Gasteiger partial charge in [0.15, 0.2) is 0 Å². The zero-order valence-corrected chi connectivity index (χ0v) is 11.2. The lowest BCUT2D eigenvalue weighted by Gasteiger charge is -2.24. The minimum atomic E-state index is -0.597. The van der Waals surface area contributed by atoms with Crippen molar-refractivity contribution in [2.45, 2.75) is 13.0 Å². The first-order valence-electron chi connectivity index (χ1n) is 5.39. The van der Waals surface area contributed by atoms with E-state index in [0.717, 1.165) is 16.7 Å². The number of rotatable bonds is 3. The topological polar surface area (TPSA) is 80.5 Å². The zero-order valence-electron chi connectivity index (χ0n) is 9.67. The predicted octanol–water partition coefficient (Wildman–Crippen LogP) is 2.83. The third kappa shape index (κ3) is 3.05. The highest BCUT2D eigenvalue weighted by molar-refractivity contribution is 8.13. The van der Waals surface area contributed by atoms with Gasteiger partial charge in [-0.3, -0.25) is 24.6 Å². The van der Waals surface area contributed by atoms with Crippen molar-refractivity contribution in [3.05, 3.63) is 38.9 Å². The summed E-state index contributed by atoms with van der Waals surface area (Å²) in [5.74, 6) is 0.218. The van der Waals surface area contributed by atoms with Crippen LogP contribution in [0.2, 0.25) is 5.02 Å². The molecule has 1 aliphatic rings. The maximum absolute atomic E-state index is 11.6. The molecule has 100 valence electrons. The molecule has 1 fully saturated rings. The van der Waals surface area contributed by atoms with Crippen LogP contribution in [0.15, 0.2) is 18.2 Å². The molecule has 0 saturated carbocycles. The highest BCUT2D eigenvalue weighted by Gasteiger charge is 2.27. The van der Waals surface area contributed by atoms with Gasteiger partial charge in [-0.05, 0) is 11.6 Å². The molecule has 8 heteroatoms. The van der Waals surface area contributed by atoms with Gasteiger partial charge in [-0.25, -0.2) is 0 Å². The maximum Gasteiger partial charge on any atom is 0.288 e. The standard InChI is InChI=1S/C11H9ClN2O4S/c12-8-2-1-7(5-9(8)14(17)18)6-13-10(15)3-4-19-11(13)16/h1-2,5H,3-4,6H2. The Hall–Kier alpha value is -1.60. The molecule has 0 radical (unpaired) electrons. The SMILES string of the molecule is O=C1CCSC(=O)N1Cc1ccc(Cl)c([N+](=O)[O-])c1. The van der Waals surface area contributed by atoms with E-state index in [4.69, 9.17) is 11.6 Å². The first-order chi connectivity index (χ1) is 8.99. The van der Waals surface area contributed by atoms with Gasteiger partial charge >= 0.3 is 0 Å². The third-order valence-corrected chi connectivity index (χ3v) is 3.81. The lowest BCUT2D eigenvalue weighted by Crippen LogP contribution is -2.37. The van der Waals surface area contributed by atoms with E-state index in [9.17, 15) is 19.7 Å². The van der Waals surface area contributed by atoms with E-state index in [1.165, 1.54) is 12.1 Å². The van der Waals surface area contributed by atoms with Gasteiger partial charge in [0.25, 0.3) is 10.9 Å². The largest absolute Gasteiger partial charge is 0.288 e. The summed E-state index contributed by atoms with van der Waals surface area (Å²) in [6.07, 6.45) is 0.298.